The third-order valence-electron chi connectivity index (χ3n) is 10.6. The molecule has 4 heterocycles. The zero-order valence-corrected chi connectivity index (χ0v) is 32.2. The first-order valence-electron chi connectivity index (χ1n) is 18.4. The van der Waals surface area contributed by atoms with Crippen LogP contribution in [0.15, 0.2) is 12.2 Å². The van der Waals surface area contributed by atoms with Crippen molar-refractivity contribution in [2.75, 3.05) is 21.2 Å². The summed E-state index contributed by atoms with van der Waals surface area (Å²) in [5.74, 6) is -2.92. The molecule has 302 valence electrons. The summed E-state index contributed by atoms with van der Waals surface area (Å²) >= 11 is 0. The minimum Gasteiger partial charge on any atom is -0.462 e. The number of rotatable bonds is 9. The molecular weight excluding hydrogens is 698 g/mol. The van der Waals surface area contributed by atoms with Crippen LogP contribution in [-0.2, 0) is 57.1 Å². The Bertz CT molecular complexity index is 1290. The molecule has 4 rings (SSSR count). The van der Waals surface area contributed by atoms with Crippen molar-refractivity contribution < 1.29 is 72.4 Å². The number of aldehydes is 1. The molecule has 17 atom stereocenters. The van der Waals surface area contributed by atoms with Crippen LogP contribution in [0, 0.1) is 11.8 Å². The van der Waals surface area contributed by atoms with Crippen molar-refractivity contribution in [1.82, 2.24) is 4.90 Å². The number of hydrogen-bond acceptors (Lipinski definition) is 16. The lowest BCUT2D eigenvalue weighted by atomic mass is 9.83. The van der Waals surface area contributed by atoms with E-state index in [1.165, 1.54) is 27.0 Å². The van der Waals surface area contributed by atoms with Gasteiger partial charge in [-0.3, -0.25) is 14.4 Å². The highest BCUT2D eigenvalue weighted by Crippen LogP contribution is 2.37. The molecule has 0 aliphatic carbocycles. The van der Waals surface area contributed by atoms with Crippen LogP contribution in [0.5, 0.6) is 0 Å². The Kier molecular flexibility index (Phi) is 15.1. The molecule has 0 spiro atoms. The van der Waals surface area contributed by atoms with E-state index in [-0.39, 0.29) is 37.3 Å². The Balaban J connectivity index is 1.68. The summed E-state index contributed by atoms with van der Waals surface area (Å²) < 4.78 is 47.9. The van der Waals surface area contributed by atoms with E-state index < -0.39 is 109 Å². The van der Waals surface area contributed by atoms with Crippen molar-refractivity contribution >= 4 is 24.0 Å². The maximum atomic E-state index is 13.3. The maximum Gasteiger partial charge on any atom is 0.309 e. The Morgan fingerprint density at radius 3 is 2.32 bits per heavy atom. The van der Waals surface area contributed by atoms with E-state index in [9.17, 15) is 34.5 Å². The molecule has 16 heteroatoms. The lowest BCUT2D eigenvalue weighted by Gasteiger charge is -2.50. The molecule has 4 aliphatic rings. The number of methoxy groups -OCH3 is 1. The third kappa shape index (κ3) is 11.1. The maximum absolute atomic E-state index is 13.3. The Hall–Kier alpha value is -2.38. The Labute approximate surface area is 311 Å². The number of likely N-dealkylation sites (N-methyl/N-ethyl adjacent to an activating group) is 1. The van der Waals surface area contributed by atoms with Gasteiger partial charge in [0.25, 0.3) is 0 Å². The number of ketones is 1. The molecule has 3 fully saturated rings. The number of carbonyl (C=O) groups is 4. The zero-order chi connectivity index (χ0) is 39.4. The number of epoxide rings is 1. The highest BCUT2D eigenvalue weighted by atomic mass is 16.7. The van der Waals surface area contributed by atoms with Gasteiger partial charge in [0, 0.05) is 39.2 Å². The topological polar surface area (TPSA) is 209 Å². The van der Waals surface area contributed by atoms with Crippen LogP contribution in [0.2, 0.25) is 0 Å². The molecular formula is C37H59NO15. The predicted molar refractivity (Wildman–Crippen MR) is 185 cm³/mol. The summed E-state index contributed by atoms with van der Waals surface area (Å²) in [6.45, 7) is 9.47. The number of allylic oxidation sites excluding steroid dienone is 1. The monoisotopic (exact) mass is 757 g/mol. The van der Waals surface area contributed by atoms with Crippen molar-refractivity contribution in [3.8, 4) is 0 Å². The van der Waals surface area contributed by atoms with Gasteiger partial charge in [0.15, 0.2) is 18.4 Å². The fourth-order valence-electron chi connectivity index (χ4n) is 7.77. The van der Waals surface area contributed by atoms with Crippen molar-refractivity contribution in [2.24, 2.45) is 11.8 Å². The summed E-state index contributed by atoms with van der Waals surface area (Å²) in [6.07, 6.45) is -8.05. The van der Waals surface area contributed by atoms with Gasteiger partial charge >= 0.3 is 11.9 Å². The summed E-state index contributed by atoms with van der Waals surface area (Å²) in [7, 11) is 4.82. The molecule has 3 N–H and O–H groups in total. The van der Waals surface area contributed by atoms with Crippen molar-refractivity contribution in [3.05, 3.63) is 12.2 Å². The van der Waals surface area contributed by atoms with Gasteiger partial charge in [0.1, 0.15) is 49.0 Å². The molecule has 0 aromatic carbocycles. The fourth-order valence-corrected chi connectivity index (χ4v) is 7.77. The average Bonchev–Trinajstić information content (AvgIpc) is 3.80. The molecule has 0 aromatic rings. The van der Waals surface area contributed by atoms with Gasteiger partial charge in [-0.05, 0) is 66.3 Å². The fraction of sp³-hybridized carbons (Fsp3) is 0.838. The summed E-state index contributed by atoms with van der Waals surface area (Å²) in [4.78, 5) is 52.9. The van der Waals surface area contributed by atoms with Crippen LogP contribution in [0.3, 0.4) is 0 Å². The molecule has 0 amide bonds. The van der Waals surface area contributed by atoms with Crippen LogP contribution in [0.1, 0.15) is 73.6 Å². The highest BCUT2D eigenvalue weighted by molar-refractivity contribution is 5.91. The van der Waals surface area contributed by atoms with E-state index in [0.717, 1.165) is 0 Å². The first kappa shape index (κ1) is 43.3. The van der Waals surface area contributed by atoms with E-state index in [1.807, 2.05) is 0 Å². The third-order valence-corrected chi connectivity index (χ3v) is 10.6. The first-order chi connectivity index (χ1) is 24.9. The number of fused-ring (bicyclic) bond motifs is 1. The molecule has 0 bridgehead atoms. The van der Waals surface area contributed by atoms with Crippen LogP contribution >= 0.6 is 0 Å². The normalized spacial score (nSPS) is 45.2. The number of aliphatic hydroxyl groups is 3. The van der Waals surface area contributed by atoms with Crippen LogP contribution < -0.4 is 0 Å². The minimum atomic E-state index is -1.49. The lowest BCUT2D eigenvalue weighted by Crippen LogP contribution is -2.65. The van der Waals surface area contributed by atoms with E-state index in [2.05, 4.69) is 0 Å². The number of ether oxygens (including phenoxy) is 8. The average molecular weight is 758 g/mol. The molecule has 4 aliphatic heterocycles. The molecule has 16 nitrogen and oxygen atoms in total. The van der Waals surface area contributed by atoms with E-state index in [0.29, 0.717) is 12.7 Å². The smallest absolute Gasteiger partial charge is 0.309 e. The molecule has 0 saturated carbocycles. The Morgan fingerprint density at radius 2 is 1.72 bits per heavy atom. The highest BCUT2D eigenvalue weighted by Gasteiger charge is 2.52. The van der Waals surface area contributed by atoms with Gasteiger partial charge < -0.3 is 62.9 Å². The van der Waals surface area contributed by atoms with Crippen molar-refractivity contribution in [1.29, 1.82) is 0 Å². The zero-order valence-electron chi connectivity index (χ0n) is 32.2. The minimum absolute atomic E-state index is 0.0397. The summed E-state index contributed by atoms with van der Waals surface area (Å²) in [5.41, 5.74) is -1.49. The first-order valence-corrected chi connectivity index (χ1v) is 18.4. The lowest BCUT2D eigenvalue weighted by molar-refractivity contribution is -0.344. The van der Waals surface area contributed by atoms with Crippen molar-refractivity contribution in [3.63, 3.8) is 0 Å². The summed E-state index contributed by atoms with van der Waals surface area (Å²) in [6, 6.07) is -0.768. The van der Waals surface area contributed by atoms with Gasteiger partial charge in [-0.15, -0.1) is 0 Å². The number of carbonyl (C=O) groups excluding carboxylic acids is 4. The summed E-state index contributed by atoms with van der Waals surface area (Å²) in [5, 5.41) is 33.1. The molecule has 0 unspecified atom stereocenters. The van der Waals surface area contributed by atoms with Crippen LogP contribution in [0.25, 0.3) is 0 Å². The number of cyclic esters (lactones) is 1. The number of esters is 2. The van der Waals surface area contributed by atoms with E-state index >= 15 is 0 Å². The molecule has 53 heavy (non-hydrogen) atoms. The van der Waals surface area contributed by atoms with Gasteiger partial charge in [-0.1, -0.05) is 6.92 Å². The van der Waals surface area contributed by atoms with E-state index in [4.69, 9.17) is 37.9 Å². The van der Waals surface area contributed by atoms with Gasteiger partial charge in [0.2, 0.25) is 0 Å². The largest absolute Gasteiger partial charge is 0.462 e. The standard InChI is InChI=1S/C37H59NO15/c1-18-14-23(12-13-39)33(34(46-9)27(50-22(5)40)16-28(42)47-19(2)15-26-25(51-26)11-10-24(18)41)53-36-31(43)30(38(7)8)32(20(3)49-36)52-29-17-37(6,45)35(44)21(4)48-29/h10-11,13,18-21,23,25-27,29-36,43-45H,12,14-17H2,1-9H3/b11-10+/t18-,19+,20-,21+,23+,25+,26+,27+,29-,30+,31-,32+,33-,34+,35-,36+,37+/m0/s1. The number of nitrogens with zero attached hydrogens (tertiary/aromatic N) is 1. The molecule has 0 aromatic heterocycles. The van der Waals surface area contributed by atoms with Gasteiger partial charge in [-0.25, -0.2) is 0 Å². The van der Waals surface area contributed by atoms with Crippen LogP contribution in [-0.4, -0.2) is 157 Å². The molecule has 3 saturated heterocycles. The second-order valence-electron chi connectivity index (χ2n) is 15.4. The Morgan fingerprint density at radius 1 is 1.02 bits per heavy atom. The molecule has 0 radical (unpaired) electrons. The number of hydrogen-bond donors (Lipinski definition) is 3. The SMILES string of the molecule is CO[C@H]1[C@@H](O[C@H]2O[C@@H](C)[C@@H](O[C@H]3C[C@@](C)(O)[C@@H](O)[C@@H](C)O3)[C@H](N(C)C)[C@@H]2O)[C@H](CC=O)C[C@H](C)C(=O)/C=C/[C@H]2O[C@@H]2C[C@@H](C)OC(=O)C[C@H]1OC(C)=O. The number of aliphatic hydroxyl groups excluding tert-OH is 2. The van der Waals surface area contributed by atoms with Crippen LogP contribution in [0.4, 0.5) is 0 Å². The predicted octanol–water partition coefficient (Wildman–Crippen LogP) is 0.836. The van der Waals surface area contributed by atoms with Crippen molar-refractivity contribution in [2.45, 2.75) is 165 Å². The van der Waals surface area contributed by atoms with Gasteiger partial charge in [-0.2, -0.15) is 0 Å². The second-order valence-corrected chi connectivity index (χ2v) is 15.4. The quantitative estimate of drug-likeness (QED) is 0.169. The van der Waals surface area contributed by atoms with E-state index in [1.54, 1.807) is 52.8 Å². The second kappa shape index (κ2) is 18.5. The van der Waals surface area contributed by atoms with Gasteiger partial charge in [0.05, 0.1) is 42.5 Å².